The topological polar surface area (TPSA) is 76.3 Å². The predicted octanol–water partition coefficient (Wildman–Crippen LogP) is 5.49. The summed E-state index contributed by atoms with van der Waals surface area (Å²) >= 11 is 1.65. The van der Waals surface area contributed by atoms with Gasteiger partial charge in [-0.3, -0.25) is 0 Å². The molecule has 0 aromatic carbocycles. The van der Waals surface area contributed by atoms with Gasteiger partial charge in [0.1, 0.15) is 22.7 Å². The normalized spacial score (nSPS) is 15.4. The molecule has 5 heterocycles. The van der Waals surface area contributed by atoms with Gasteiger partial charge in [0.25, 0.3) is 0 Å². The molecule has 33 heavy (non-hydrogen) atoms. The fourth-order valence-electron chi connectivity index (χ4n) is 4.60. The summed E-state index contributed by atoms with van der Waals surface area (Å²) in [4.78, 5) is 17.7. The summed E-state index contributed by atoms with van der Waals surface area (Å²) in [6.45, 7) is 13.3. The van der Waals surface area contributed by atoms with Crippen molar-refractivity contribution in [1.82, 2.24) is 19.9 Å². The van der Waals surface area contributed by atoms with Crippen LogP contribution in [-0.4, -0.2) is 51.6 Å². The van der Waals surface area contributed by atoms with Crippen LogP contribution in [0.15, 0.2) is 29.1 Å². The fourth-order valence-corrected chi connectivity index (χ4v) is 5.72. The van der Waals surface area contributed by atoms with E-state index in [4.69, 9.17) is 19.1 Å². The molecule has 0 atom stereocenters. The van der Waals surface area contributed by atoms with Crippen molar-refractivity contribution in [2.45, 2.75) is 52.7 Å². The largest absolute Gasteiger partial charge is 0.463 e. The molecule has 0 saturated heterocycles. The number of hydrogen-bond acceptors (Lipinski definition) is 8. The Morgan fingerprint density at radius 2 is 2.03 bits per heavy atom. The van der Waals surface area contributed by atoms with Crippen molar-refractivity contribution >= 4 is 37.6 Å². The lowest BCUT2D eigenvalue weighted by atomic mass is 9.89. The smallest absolute Gasteiger partial charge is 0.152 e. The van der Waals surface area contributed by atoms with Gasteiger partial charge in [0.15, 0.2) is 5.76 Å². The van der Waals surface area contributed by atoms with Crippen molar-refractivity contribution in [2.75, 3.05) is 31.5 Å². The first-order chi connectivity index (χ1) is 16.0. The number of thiophene rings is 1. The van der Waals surface area contributed by atoms with E-state index in [1.54, 1.807) is 23.9 Å². The molecule has 0 saturated carbocycles. The van der Waals surface area contributed by atoms with Crippen molar-refractivity contribution in [3.8, 4) is 11.5 Å². The van der Waals surface area contributed by atoms with E-state index < -0.39 is 0 Å². The molecule has 0 bridgehead atoms. The van der Waals surface area contributed by atoms with E-state index in [2.05, 4.69) is 42.9 Å². The van der Waals surface area contributed by atoms with Crippen LogP contribution in [0, 0.1) is 0 Å². The molecule has 0 unspecified atom stereocenters. The van der Waals surface area contributed by atoms with Crippen molar-refractivity contribution < 1.29 is 9.15 Å². The first-order valence-electron chi connectivity index (χ1n) is 11.7. The van der Waals surface area contributed by atoms with Gasteiger partial charge in [-0.1, -0.05) is 13.8 Å². The Bertz CT molecular complexity index is 1260. The molecule has 4 aromatic heterocycles. The van der Waals surface area contributed by atoms with Crippen LogP contribution in [0.1, 0.15) is 45.2 Å². The highest BCUT2D eigenvalue weighted by atomic mass is 32.1. The Morgan fingerprint density at radius 1 is 1.18 bits per heavy atom. The summed E-state index contributed by atoms with van der Waals surface area (Å²) in [6.07, 6.45) is 5.23. The molecule has 0 aliphatic carbocycles. The molecule has 1 aliphatic heterocycles. The number of pyridine rings is 1. The highest BCUT2D eigenvalue weighted by Gasteiger charge is 2.32. The number of fused-ring (bicyclic) bond motifs is 5. The van der Waals surface area contributed by atoms with Crippen LogP contribution in [-0.2, 0) is 17.8 Å². The maximum atomic E-state index is 6.17. The minimum atomic E-state index is -0.242. The van der Waals surface area contributed by atoms with Crippen LogP contribution < -0.4 is 5.32 Å². The molecule has 0 spiro atoms. The van der Waals surface area contributed by atoms with Crippen LogP contribution in [0.4, 0.5) is 5.82 Å². The Labute approximate surface area is 198 Å². The molecular weight excluding hydrogens is 434 g/mol. The molecule has 8 heteroatoms. The van der Waals surface area contributed by atoms with Crippen LogP contribution in [0.3, 0.4) is 0 Å². The summed E-state index contributed by atoms with van der Waals surface area (Å²) in [5, 5.41) is 4.68. The average Bonchev–Trinajstić information content (AvgIpc) is 3.46. The van der Waals surface area contributed by atoms with Gasteiger partial charge in [-0.05, 0) is 57.6 Å². The molecule has 0 fully saturated rings. The zero-order valence-electron chi connectivity index (χ0n) is 19.8. The van der Waals surface area contributed by atoms with Crippen molar-refractivity contribution in [3.63, 3.8) is 0 Å². The quantitative estimate of drug-likeness (QED) is 0.345. The molecule has 174 valence electrons. The van der Waals surface area contributed by atoms with Crippen molar-refractivity contribution in [2.24, 2.45) is 0 Å². The van der Waals surface area contributed by atoms with Gasteiger partial charge >= 0.3 is 0 Å². The van der Waals surface area contributed by atoms with E-state index in [1.807, 2.05) is 12.1 Å². The van der Waals surface area contributed by atoms with Crippen LogP contribution in [0.5, 0.6) is 0 Å². The number of ether oxygens (including phenoxy) is 1. The number of nitrogens with one attached hydrogen (secondary N) is 1. The molecule has 0 radical (unpaired) electrons. The number of furan rings is 1. The third-order valence-corrected chi connectivity index (χ3v) is 7.50. The molecule has 5 rings (SSSR count). The number of rotatable bonds is 8. The van der Waals surface area contributed by atoms with Crippen molar-refractivity contribution in [1.29, 1.82) is 0 Å². The Kier molecular flexibility index (Phi) is 6.07. The number of anilines is 1. The van der Waals surface area contributed by atoms with Crippen LogP contribution in [0.2, 0.25) is 0 Å². The number of hydrogen-bond donors (Lipinski definition) is 1. The first-order valence-corrected chi connectivity index (χ1v) is 12.6. The van der Waals surface area contributed by atoms with E-state index in [9.17, 15) is 0 Å². The SMILES string of the molecule is CCN(CC)CCCNc1ncnc2c1sc1nc(-c3ccco3)c3c(c12)CC(C)(C)OC3. The average molecular weight is 466 g/mol. The molecular formula is C25H31N5O2S. The van der Waals surface area contributed by atoms with Gasteiger partial charge in [-0.2, -0.15) is 0 Å². The zero-order chi connectivity index (χ0) is 23.0. The summed E-state index contributed by atoms with van der Waals surface area (Å²) in [5.41, 5.74) is 3.97. The van der Waals surface area contributed by atoms with Gasteiger partial charge in [0, 0.05) is 23.9 Å². The Balaban J connectivity index is 1.57. The highest BCUT2D eigenvalue weighted by molar-refractivity contribution is 7.26. The second-order valence-corrected chi connectivity index (χ2v) is 10.1. The summed E-state index contributed by atoms with van der Waals surface area (Å²) in [7, 11) is 0. The third kappa shape index (κ3) is 4.23. The monoisotopic (exact) mass is 465 g/mol. The lowest BCUT2D eigenvalue weighted by Crippen LogP contribution is -2.32. The van der Waals surface area contributed by atoms with E-state index >= 15 is 0 Å². The van der Waals surface area contributed by atoms with Gasteiger partial charge in [-0.15, -0.1) is 11.3 Å². The second kappa shape index (κ2) is 9.00. The maximum Gasteiger partial charge on any atom is 0.152 e. The number of nitrogens with zero attached hydrogens (tertiary/aromatic N) is 4. The lowest BCUT2D eigenvalue weighted by molar-refractivity contribution is -0.0395. The zero-order valence-corrected chi connectivity index (χ0v) is 20.6. The van der Waals surface area contributed by atoms with Gasteiger partial charge < -0.3 is 19.4 Å². The Morgan fingerprint density at radius 3 is 2.79 bits per heavy atom. The Hall–Kier alpha value is -2.55. The summed E-state index contributed by atoms with van der Waals surface area (Å²) in [5.74, 6) is 1.66. The molecule has 0 amide bonds. The second-order valence-electron chi connectivity index (χ2n) is 9.11. The molecule has 4 aromatic rings. The van der Waals surface area contributed by atoms with E-state index in [0.717, 1.165) is 82.3 Å². The summed E-state index contributed by atoms with van der Waals surface area (Å²) < 4.78 is 13.0. The number of aromatic nitrogens is 3. The standard InChI is InChI=1S/C25H31N5O2S/c1-5-30(6-2)11-8-10-26-23-22-21(27-15-28-23)19-16-13-25(3,4)32-14-17(16)20(29-24(19)33-22)18-9-7-12-31-18/h7,9,12,15H,5-6,8,10-11,13-14H2,1-4H3,(H,26,27,28). The molecule has 1 N–H and O–H groups in total. The first kappa shape index (κ1) is 22.3. The fraction of sp³-hybridized carbons (Fsp3) is 0.480. The van der Waals surface area contributed by atoms with Crippen molar-refractivity contribution in [3.05, 3.63) is 35.9 Å². The highest BCUT2D eigenvalue weighted by Crippen LogP contribution is 2.44. The molecule has 7 nitrogen and oxygen atoms in total. The van der Waals surface area contributed by atoms with Crippen LogP contribution in [0.25, 0.3) is 31.9 Å². The third-order valence-electron chi connectivity index (χ3n) is 6.42. The van der Waals surface area contributed by atoms with Gasteiger partial charge in [0.2, 0.25) is 0 Å². The van der Waals surface area contributed by atoms with Gasteiger partial charge in [0.05, 0.1) is 28.7 Å². The molecule has 1 aliphatic rings. The predicted molar refractivity (Wildman–Crippen MR) is 134 cm³/mol. The minimum Gasteiger partial charge on any atom is -0.463 e. The minimum absolute atomic E-state index is 0.242. The van der Waals surface area contributed by atoms with E-state index in [-0.39, 0.29) is 5.60 Å². The maximum absolute atomic E-state index is 6.17. The summed E-state index contributed by atoms with van der Waals surface area (Å²) in [6, 6.07) is 3.86. The van der Waals surface area contributed by atoms with Crippen LogP contribution >= 0.6 is 11.3 Å². The van der Waals surface area contributed by atoms with Gasteiger partial charge in [-0.25, -0.2) is 15.0 Å². The van der Waals surface area contributed by atoms with E-state index in [1.165, 1.54) is 5.56 Å². The lowest BCUT2D eigenvalue weighted by Gasteiger charge is -2.32. The van der Waals surface area contributed by atoms with E-state index in [0.29, 0.717) is 6.61 Å².